The number of amides is 2. The Hall–Kier alpha value is -6.11. The quantitative estimate of drug-likeness (QED) is 0.0660. The molecule has 2 aromatic carbocycles. The van der Waals surface area contributed by atoms with Gasteiger partial charge in [-0.25, -0.2) is 23.1 Å². The van der Waals surface area contributed by atoms with Gasteiger partial charge in [0, 0.05) is 81.6 Å². The third-order valence-electron chi connectivity index (χ3n) is 15.4. The Balaban J connectivity index is 0.838. The van der Waals surface area contributed by atoms with Crippen molar-refractivity contribution in [3.63, 3.8) is 0 Å². The molecule has 10 rings (SSSR count). The van der Waals surface area contributed by atoms with Crippen LogP contribution in [0.3, 0.4) is 0 Å². The van der Waals surface area contributed by atoms with Gasteiger partial charge in [0.25, 0.3) is 15.9 Å². The third-order valence-corrected chi connectivity index (χ3v) is 16.7. The summed E-state index contributed by atoms with van der Waals surface area (Å²) >= 11 is 0. The first-order valence-corrected chi connectivity index (χ1v) is 25.4. The zero-order chi connectivity index (χ0) is 47.4. The molecule has 358 valence electrons. The standard InChI is InChI=1S/C50H59N9O8S/c1-32(60)57-21-22-58(44(31-57)41-6-4-3-5-40(41)34-7-8-34)37-26-50(27-37)16-19-56(20-17-50)36-9-10-42(45(24-36)67-38-23-35-13-18-51-46(35)53-29-38)48(61)55-68(65,66)39-25-43(59(63)64)47(54-30-39)52-28-33-11-14-49(2,62)15-12-33/h3-6,9-10,13,18,23-25,29-30,33-34,37,44,62H,7-8,11-12,14-17,19-22,26-28,31H2,1-2H3,(H,51,53)(H,52,54)(H,55,61)/t33-,44-,49-/m0/s1. The summed E-state index contributed by atoms with van der Waals surface area (Å²) in [5.74, 6) is 0.296. The zero-order valence-corrected chi connectivity index (χ0v) is 39.3. The first-order valence-electron chi connectivity index (χ1n) is 23.9. The summed E-state index contributed by atoms with van der Waals surface area (Å²) in [4.78, 5) is 56.1. The van der Waals surface area contributed by atoms with Crippen molar-refractivity contribution in [1.82, 2.24) is 29.5 Å². The second-order valence-corrected chi connectivity index (χ2v) is 21.8. The molecule has 2 amide bonds. The molecular formula is C50H59N9O8S. The van der Waals surface area contributed by atoms with E-state index in [0.29, 0.717) is 49.3 Å². The van der Waals surface area contributed by atoms with Gasteiger partial charge in [0.15, 0.2) is 0 Å². The summed E-state index contributed by atoms with van der Waals surface area (Å²) < 4.78 is 35.9. The Labute approximate surface area is 395 Å². The van der Waals surface area contributed by atoms with Gasteiger partial charge in [0.05, 0.1) is 34.5 Å². The van der Waals surface area contributed by atoms with Gasteiger partial charge >= 0.3 is 5.69 Å². The molecule has 68 heavy (non-hydrogen) atoms. The molecule has 18 heteroatoms. The Kier molecular flexibility index (Phi) is 12.1. The smallest absolute Gasteiger partial charge is 0.312 e. The number of fused-ring (bicyclic) bond motifs is 1. The van der Waals surface area contributed by atoms with Crippen LogP contribution in [0.4, 0.5) is 17.2 Å². The molecule has 0 bridgehead atoms. The van der Waals surface area contributed by atoms with Crippen LogP contribution in [-0.2, 0) is 14.8 Å². The highest BCUT2D eigenvalue weighted by molar-refractivity contribution is 7.90. The van der Waals surface area contributed by atoms with Crippen molar-refractivity contribution in [3.8, 4) is 11.5 Å². The van der Waals surface area contributed by atoms with Crippen LogP contribution in [-0.4, -0.2) is 106 Å². The number of nitrogens with one attached hydrogen (secondary N) is 3. The molecule has 3 aromatic heterocycles. The summed E-state index contributed by atoms with van der Waals surface area (Å²) in [6.45, 7) is 7.74. The Morgan fingerprint density at radius 3 is 2.41 bits per heavy atom. The number of hydrogen-bond donors (Lipinski definition) is 4. The number of nitro groups is 1. The number of ether oxygens (including phenoxy) is 1. The molecule has 5 aliphatic rings. The van der Waals surface area contributed by atoms with E-state index in [9.17, 15) is 33.2 Å². The average molecular weight is 946 g/mol. The average Bonchev–Trinajstić information content (AvgIpc) is 4.06. The monoisotopic (exact) mass is 945 g/mol. The van der Waals surface area contributed by atoms with Crippen molar-refractivity contribution in [2.45, 2.75) is 107 Å². The summed E-state index contributed by atoms with van der Waals surface area (Å²) in [7, 11) is -4.65. The molecule has 17 nitrogen and oxygen atoms in total. The number of nitrogens with zero attached hydrogens (tertiary/aromatic N) is 6. The molecule has 2 saturated heterocycles. The van der Waals surface area contributed by atoms with E-state index >= 15 is 0 Å². The van der Waals surface area contributed by atoms with Crippen LogP contribution in [0.15, 0.2) is 84.1 Å². The van der Waals surface area contributed by atoms with Gasteiger partial charge in [-0.3, -0.25) is 24.6 Å². The lowest BCUT2D eigenvalue weighted by Gasteiger charge is -2.58. The highest BCUT2D eigenvalue weighted by Gasteiger charge is 2.50. The maximum absolute atomic E-state index is 14.0. The number of aromatic amines is 1. The van der Waals surface area contributed by atoms with E-state index in [1.807, 2.05) is 11.0 Å². The summed E-state index contributed by atoms with van der Waals surface area (Å²) in [6.07, 6.45) is 13.6. The fourth-order valence-corrected chi connectivity index (χ4v) is 12.0. The van der Waals surface area contributed by atoms with Crippen molar-refractivity contribution >= 4 is 50.1 Å². The van der Waals surface area contributed by atoms with Crippen molar-refractivity contribution in [2.24, 2.45) is 11.3 Å². The fourth-order valence-electron chi connectivity index (χ4n) is 11.1. The maximum atomic E-state index is 14.0. The van der Waals surface area contributed by atoms with Crippen LogP contribution in [0.25, 0.3) is 11.0 Å². The normalized spacial score (nSPS) is 23.3. The molecule has 1 atom stereocenters. The van der Waals surface area contributed by atoms with Crippen LogP contribution in [0.1, 0.15) is 112 Å². The van der Waals surface area contributed by atoms with Gasteiger partial charge in [0.2, 0.25) is 11.7 Å². The van der Waals surface area contributed by atoms with Crippen LogP contribution in [0.5, 0.6) is 11.5 Å². The summed E-state index contributed by atoms with van der Waals surface area (Å²) in [5.41, 5.74) is 3.16. The molecule has 3 saturated carbocycles. The number of aliphatic hydroxyl groups is 1. The lowest BCUT2D eigenvalue weighted by Crippen LogP contribution is -2.60. The second kappa shape index (κ2) is 18.1. The van der Waals surface area contributed by atoms with Crippen LogP contribution >= 0.6 is 0 Å². The number of carbonyl (C=O) groups is 2. The van der Waals surface area contributed by atoms with Gasteiger partial charge < -0.3 is 29.9 Å². The van der Waals surface area contributed by atoms with Gasteiger partial charge in [-0.05, 0) is 124 Å². The zero-order valence-electron chi connectivity index (χ0n) is 38.5. The van der Waals surface area contributed by atoms with E-state index in [-0.39, 0.29) is 40.4 Å². The van der Waals surface area contributed by atoms with E-state index in [0.717, 1.165) is 88.0 Å². The number of H-pyrrole nitrogens is 1. The maximum Gasteiger partial charge on any atom is 0.312 e. The molecule has 4 N–H and O–H groups in total. The van der Waals surface area contributed by atoms with E-state index in [1.54, 1.807) is 44.3 Å². The van der Waals surface area contributed by atoms with Crippen molar-refractivity contribution < 1.29 is 32.8 Å². The lowest BCUT2D eigenvalue weighted by molar-refractivity contribution is -0.384. The van der Waals surface area contributed by atoms with Crippen LogP contribution in [0.2, 0.25) is 0 Å². The van der Waals surface area contributed by atoms with E-state index in [4.69, 9.17) is 4.74 Å². The van der Waals surface area contributed by atoms with E-state index in [2.05, 4.69) is 59.1 Å². The number of pyridine rings is 2. The largest absolute Gasteiger partial charge is 0.455 e. The number of carbonyl (C=O) groups excluding carboxylic acids is 2. The molecular weight excluding hydrogens is 887 g/mol. The lowest BCUT2D eigenvalue weighted by atomic mass is 9.59. The van der Waals surface area contributed by atoms with Crippen LogP contribution in [0, 0.1) is 21.4 Å². The highest BCUT2D eigenvalue weighted by Crippen LogP contribution is 2.54. The number of rotatable bonds is 13. The van der Waals surface area contributed by atoms with Crippen molar-refractivity contribution in [3.05, 3.63) is 106 Å². The highest BCUT2D eigenvalue weighted by atomic mass is 32.2. The Morgan fingerprint density at radius 1 is 0.941 bits per heavy atom. The van der Waals surface area contributed by atoms with E-state index in [1.165, 1.54) is 30.2 Å². The first kappa shape index (κ1) is 45.7. The first-order chi connectivity index (χ1) is 32.6. The number of sulfonamides is 1. The SMILES string of the molecule is CC(=O)N1CCN(C2CC3(CCN(c4ccc(C(=O)NS(=O)(=O)c5cnc(NC[C@H]6CC[C@](C)(O)CC6)c([N+](=O)[O-])c5)c(Oc5cnc6[nH]ccc6c5)c4)CC3)C2)[C@H](c2ccccc2C2CC2)C1. The van der Waals surface area contributed by atoms with Gasteiger partial charge in [-0.15, -0.1) is 0 Å². The molecule has 0 radical (unpaired) electrons. The van der Waals surface area contributed by atoms with Crippen LogP contribution < -0.4 is 19.7 Å². The minimum atomic E-state index is -4.65. The molecule has 5 fully saturated rings. The topological polar surface area (TPSA) is 216 Å². The fraction of sp³-hybridized carbons (Fsp3) is 0.480. The molecule has 5 aromatic rings. The molecule has 0 unspecified atom stereocenters. The number of hydrogen-bond acceptors (Lipinski definition) is 13. The minimum absolute atomic E-state index is 0.0586. The number of piperidine rings is 1. The number of aromatic nitrogens is 3. The van der Waals surface area contributed by atoms with Gasteiger partial charge in [-0.2, -0.15) is 0 Å². The predicted molar refractivity (Wildman–Crippen MR) is 256 cm³/mol. The number of piperazine rings is 1. The molecule has 2 aliphatic heterocycles. The summed E-state index contributed by atoms with van der Waals surface area (Å²) in [6, 6.07) is 19.0. The molecule has 3 aliphatic carbocycles. The Bertz CT molecular complexity index is 2840. The molecule has 1 spiro atoms. The van der Waals surface area contributed by atoms with Gasteiger partial charge in [0.1, 0.15) is 22.0 Å². The number of benzene rings is 2. The van der Waals surface area contributed by atoms with Gasteiger partial charge in [-0.1, -0.05) is 24.3 Å². The minimum Gasteiger partial charge on any atom is -0.455 e. The third kappa shape index (κ3) is 9.50. The molecule has 5 heterocycles. The predicted octanol–water partition coefficient (Wildman–Crippen LogP) is 7.66. The van der Waals surface area contributed by atoms with E-state index < -0.39 is 37.0 Å². The Morgan fingerprint density at radius 2 is 1.69 bits per heavy atom. The summed E-state index contributed by atoms with van der Waals surface area (Å²) in [5, 5.41) is 26.2. The van der Waals surface area contributed by atoms with Crippen molar-refractivity contribution in [1.29, 1.82) is 0 Å². The number of anilines is 2. The second-order valence-electron chi connectivity index (χ2n) is 20.1. The van der Waals surface area contributed by atoms with Crippen molar-refractivity contribution in [2.75, 3.05) is 49.5 Å².